The highest BCUT2D eigenvalue weighted by molar-refractivity contribution is 6.21. The van der Waals surface area contributed by atoms with Gasteiger partial charge in [-0.25, -0.2) is 17.6 Å². The van der Waals surface area contributed by atoms with Crippen molar-refractivity contribution in [1.29, 1.82) is 0 Å². The zero-order chi connectivity index (χ0) is 19.7. The summed E-state index contributed by atoms with van der Waals surface area (Å²) in [5.74, 6) is -8.71. The van der Waals surface area contributed by atoms with Crippen LogP contribution in [0.4, 0.5) is 23.2 Å². The molecule has 3 amide bonds. The second-order valence-electron chi connectivity index (χ2n) is 5.57. The lowest BCUT2D eigenvalue weighted by Gasteiger charge is -2.14. The predicted molar refractivity (Wildman–Crippen MR) is 84.5 cm³/mol. The first-order chi connectivity index (χ1) is 12.8. The lowest BCUT2D eigenvalue weighted by molar-refractivity contribution is -0.120. The number of carbonyl (C=O) groups is 3. The number of nitrogens with one attached hydrogen (secondary N) is 2. The van der Waals surface area contributed by atoms with Gasteiger partial charge in [-0.15, -0.1) is 0 Å². The minimum Gasteiger partial charge on any atom is -0.293 e. The van der Waals surface area contributed by atoms with Crippen LogP contribution in [0.2, 0.25) is 0 Å². The molecule has 140 valence electrons. The van der Waals surface area contributed by atoms with Crippen molar-refractivity contribution in [3.8, 4) is 0 Å². The van der Waals surface area contributed by atoms with E-state index >= 15 is 0 Å². The highest BCUT2D eigenvalue weighted by Gasteiger charge is 2.35. The molecule has 0 aliphatic carbocycles. The van der Waals surface area contributed by atoms with E-state index in [0.29, 0.717) is 0 Å². The minimum absolute atomic E-state index is 0.0277. The third-order valence-corrected chi connectivity index (χ3v) is 3.88. The van der Waals surface area contributed by atoms with Crippen LogP contribution in [0.25, 0.3) is 0 Å². The molecular formula is C17H11F4N3O3. The van der Waals surface area contributed by atoms with Gasteiger partial charge in [-0.05, 0) is 12.1 Å². The van der Waals surface area contributed by atoms with E-state index < -0.39 is 53.1 Å². The summed E-state index contributed by atoms with van der Waals surface area (Å²) in [5.41, 5.74) is 2.83. The zero-order valence-electron chi connectivity index (χ0n) is 13.5. The van der Waals surface area contributed by atoms with Crippen LogP contribution in [0.15, 0.2) is 30.3 Å². The van der Waals surface area contributed by atoms with Crippen molar-refractivity contribution in [2.24, 2.45) is 0 Å². The molecule has 2 N–H and O–H groups in total. The molecule has 0 bridgehead atoms. The normalized spacial score (nSPS) is 13.0. The Bertz CT molecular complexity index is 903. The van der Waals surface area contributed by atoms with Crippen molar-refractivity contribution in [3.05, 3.63) is 64.7 Å². The minimum atomic E-state index is -1.71. The third kappa shape index (κ3) is 3.33. The summed E-state index contributed by atoms with van der Waals surface area (Å²) in [6.07, 6.45) is -0.403. The second kappa shape index (κ2) is 7.06. The summed E-state index contributed by atoms with van der Waals surface area (Å²) in [6, 6.07) is 6.15. The number of anilines is 1. The molecule has 1 aliphatic rings. The number of rotatable bonds is 5. The number of hydrogen-bond donors (Lipinski definition) is 2. The highest BCUT2D eigenvalue weighted by atomic mass is 19.2. The summed E-state index contributed by atoms with van der Waals surface area (Å²) in [7, 11) is 0. The molecule has 2 aromatic rings. The number of benzene rings is 2. The van der Waals surface area contributed by atoms with Gasteiger partial charge in [0, 0.05) is 19.0 Å². The number of fused-ring (bicyclic) bond motifs is 1. The molecule has 0 saturated heterocycles. The SMILES string of the molecule is O=C(CCN1C(=O)c2ccccc2C1=O)NNc1c(F)c(F)cc(F)c1F. The first-order valence-corrected chi connectivity index (χ1v) is 7.64. The van der Waals surface area contributed by atoms with Gasteiger partial charge in [-0.1, -0.05) is 12.1 Å². The molecule has 0 spiro atoms. The Labute approximate surface area is 149 Å². The number of amides is 3. The van der Waals surface area contributed by atoms with Crippen LogP contribution < -0.4 is 10.9 Å². The van der Waals surface area contributed by atoms with Gasteiger partial charge in [-0.2, -0.15) is 0 Å². The quantitative estimate of drug-likeness (QED) is 0.361. The number of carbonyl (C=O) groups excluding carboxylic acids is 3. The fourth-order valence-electron chi connectivity index (χ4n) is 2.53. The van der Waals surface area contributed by atoms with Gasteiger partial charge in [0.05, 0.1) is 11.1 Å². The van der Waals surface area contributed by atoms with E-state index in [4.69, 9.17) is 0 Å². The fourth-order valence-corrected chi connectivity index (χ4v) is 2.53. The van der Waals surface area contributed by atoms with Crippen molar-refractivity contribution < 1.29 is 31.9 Å². The van der Waals surface area contributed by atoms with E-state index in [1.165, 1.54) is 12.1 Å². The molecule has 0 aromatic heterocycles. The van der Waals surface area contributed by atoms with Gasteiger partial charge in [-0.3, -0.25) is 30.1 Å². The molecule has 27 heavy (non-hydrogen) atoms. The van der Waals surface area contributed by atoms with E-state index in [2.05, 4.69) is 0 Å². The predicted octanol–water partition coefficient (Wildman–Crippen LogP) is 2.37. The molecule has 10 heteroatoms. The Morgan fingerprint density at radius 1 is 0.926 bits per heavy atom. The van der Waals surface area contributed by atoms with Crippen LogP contribution in [0.3, 0.4) is 0 Å². The summed E-state index contributed by atoms with van der Waals surface area (Å²) in [4.78, 5) is 36.9. The van der Waals surface area contributed by atoms with Crippen molar-refractivity contribution in [1.82, 2.24) is 10.3 Å². The smallest absolute Gasteiger partial charge is 0.261 e. The van der Waals surface area contributed by atoms with E-state index in [0.717, 1.165) is 4.90 Å². The van der Waals surface area contributed by atoms with Gasteiger partial charge in [0.2, 0.25) is 5.91 Å². The first-order valence-electron chi connectivity index (χ1n) is 7.64. The molecule has 1 heterocycles. The summed E-state index contributed by atoms with van der Waals surface area (Å²) < 4.78 is 53.2. The Morgan fingerprint density at radius 3 is 1.96 bits per heavy atom. The Hall–Kier alpha value is -3.43. The molecule has 0 atom stereocenters. The molecule has 6 nitrogen and oxygen atoms in total. The number of hydrogen-bond acceptors (Lipinski definition) is 4. The molecular weight excluding hydrogens is 370 g/mol. The maximum atomic E-state index is 13.5. The number of halogens is 4. The summed E-state index contributed by atoms with van der Waals surface area (Å²) in [6.45, 7) is -0.289. The summed E-state index contributed by atoms with van der Waals surface area (Å²) in [5, 5.41) is 0. The standard InChI is InChI=1S/C17H11F4N3O3/c18-10-7-11(19)14(21)15(13(10)20)23-22-12(25)5-6-24-16(26)8-3-1-2-4-9(8)17(24)27/h1-4,7,23H,5-6H2,(H,22,25). The van der Waals surface area contributed by atoms with Gasteiger partial charge >= 0.3 is 0 Å². The molecule has 0 radical (unpaired) electrons. The van der Waals surface area contributed by atoms with Crippen molar-refractivity contribution >= 4 is 23.4 Å². The number of imide groups is 1. The van der Waals surface area contributed by atoms with Gasteiger partial charge < -0.3 is 0 Å². The van der Waals surface area contributed by atoms with Crippen LogP contribution in [0.1, 0.15) is 27.1 Å². The van der Waals surface area contributed by atoms with Crippen LogP contribution in [0, 0.1) is 23.3 Å². The molecule has 1 aliphatic heterocycles. The lowest BCUT2D eigenvalue weighted by Crippen LogP contribution is -2.36. The van der Waals surface area contributed by atoms with Crippen molar-refractivity contribution in [2.75, 3.05) is 12.0 Å². The maximum absolute atomic E-state index is 13.5. The van der Waals surface area contributed by atoms with Crippen molar-refractivity contribution in [3.63, 3.8) is 0 Å². The van der Waals surface area contributed by atoms with Crippen LogP contribution >= 0.6 is 0 Å². The number of nitrogens with zero attached hydrogens (tertiary/aromatic N) is 1. The average molecular weight is 381 g/mol. The Balaban J connectivity index is 1.61. The monoisotopic (exact) mass is 381 g/mol. The van der Waals surface area contributed by atoms with Crippen LogP contribution in [0.5, 0.6) is 0 Å². The Kier molecular flexibility index (Phi) is 4.80. The fraction of sp³-hybridized carbons (Fsp3) is 0.118. The van der Waals surface area contributed by atoms with E-state index in [9.17, 15) is 31.9 Å². The number of hydrazine groups is 1. The summed E-state index contributed by atoms with van der Waals surface area (Å²) >= 11 is 0. The van der Waals surface area contributed by atoms with Gasteiger partial charge in [0.1, 0.15) is 5.69 Å². The van der Waals surface area contributed by atoms with Crippen LogP contribution in [-0.2, 0) is 4.79 Å². The molecule has 0 fully saturated rings. The van der Waals surface area contributed by atoms with E-state index in [1.54, 1.807) is 17.6 Å². The van der Waals surface area contributed by atoms with Crippen molar-refractivity contribution in [2.45, 2.75) is 6.42 Å². The first kappa shape index (κ1) is 18.4. The largest absolute Gasteiger partial charge is 0.293 e. The maximum Gasteiger partial charge on any atom is 0.261 e. The molecule has 0 saturated carbocycles. The lowest BCUT2D eigenvalue weighted by atomic mass is 10.1. The molecule has 0 unspecified atom stereocenters. The topological polar surface area (TPSA) is 78.5 Å². The van der Waals surface area contributed by atoms with Gasteiger partial charge in [0.25, 0.3) is 11.8 Å². The van der Waals surface area contributed by atoms with E-state index in [-0.39, 0.29) is 23.7 Å². The Morgan fingerprint density at radius 2 is 1.44 bits per heavy atom. The van der Waals surface area contributed by atoms with Gasteiger partial charge in [0.15, 0.2) is 23.3 Å². The highest BCUT2D eigenvalue weighted by Crippen LogP contribution is 2.24. The molecule has 3 rings (SSSR count). The average Bonchev–Trinajstić information content (AvgIpc) is 2.89. The zero-order valence-corrected chi connectivity index (χ0v) is 13.5. The second-order valence-corrected chi connectivity index (χ2v) is 5.57. The van der Waals surface area contributed by atoms with E-state index in [1.807, 2.05) is 5.43 Å². The van der Waals surface area contributed by atoms with Crippen LogP contribution in [-0.4, -0.2) is 29.2 Å². The molecule has 2 aromatic carbocycles. The third-order valence-electron chi connectivity index (χ3n) is 3.88.